The Kier molecular flexibility index (Phi) is 55.0. The van der Waals surface area contributed by atoms with Crippen molar-refractivity contribution in [3.8, 4) is 0 Å². The van der Waals surface area contributed by atoms with Crippen LogP contribution in [0, 0.1) is 5.92 Å². The van der Waals surface area contributed by atoms with Crippen LogP contribution in [0.1, 0.15) is 355 Å². The van der Waals surface area contributed by atoms with Crippen molar-refractivity contribution >= 4 is 17.9 Å². The van der Waals surface area contributed by atoms with E-state index in [0.717, 1.165) is 63.7 Å². The number of hydrogen-bond acceptors (Lipinski definition) is 6. The van der Waals surface area contributed by atoms with Crippen molar-refractivity contribution in [1.29, 1.82) is 0 Å². The van der Waals surface area contributed by atoms with Gasteiger partial charge in [0.1, 0.15) is 13.2 Å². The zero-order valence-electron chi connectivity index (χ0n) is 46.6. The summed E-state index contributed by atoms with van der Waals surface area (Å²) >= 11 is 0. The molecule has 0 saturated heterocycles. The number of esters is 3. The fourth-order valence-corrected chi connectivity index (χ4v) is 9.60. The molecule has 0 heterocycles. The minimum atomic E-state index is -0.762. The summed E-state index contributed by atoms with van der Waals surface area (Å²) in [5, 5.41) is 0. The van der Waals surface area contributed by atoms with E-state index in [9.17, 15) is 14.4 Å². The molecule has 6 nitrogen and oxygen atoms in total. The summed E-state index contributed by atoms with van der Waals surface area (Å²) < 4.78 is 16.9. The third-order valence-electron chi connectivity index (χ3n) is 14.7. The fourth-order valence-electron chi connectivity index (χ4n) is 9.60. The Morgan fingerprint density at radius 1 is 0.294 bits per heavy atom. The van der Waals surface area contributed by atoms with Crippen molar-refractivity contribution in [3.05, 3.63) is 0 Å². The smallest absolute Gasteiger partial charge is 0.306 e. The first-order valence-corrected chi connectivity index (χ1v) is 30.9. The minimum absolute atomic E-state index is 0.0613. The maximum Gasteiger partial charge on any atom is 0.306 e. The maximum absolute atomic E-state index is 12.9. The molecule has 0 aromatic heterocycles. The summed E-state index contributed by atoms with van der Waals surface area (Å²) in [6.45, 7) is 9.12. The molecule has 0 aromatic rings. The predicted octanol–water partition coefficient (Wildman–Crippen LogP) is 20.6. The molecule has 68 heavy (non-hydrogen) atoms. The van der Waals surface area contributed by atoms with Crippen LogP contribution >= 0.6 is 0 Å². The van der Waals surface area contributed by atoms with E-state index in [2.05, 4.69) is 27.7 Å². The Bertz CT molecular complexity index is 1030. The molecule has 1 unspecified atom stereocenters. The van der Waals surface area contributed by atoms with Crippen LogP contribution in [0.4, 0.5) is 0 Å². The topological polar surface area (TPSA) is 78.9 Å². The Hall–Kier alpha value is -1.59. The van der Waals surface area contributed by atoms with Gasteiger partial charge in [0, 0.05) is 19.3 Å². The average molecular weight is 962 g/mol. The van der Waals surface area contributed by atoms with Gasteiger partial charge in [-0.2, -0.15) is 0 Å². The highest BCUT2D eigenvalue weighted by Gasteiger charge is 2.19. The van der Waals surface area contributed by atoms with Crippen LogP contribution in [0.25, 0.3) is 0 Å². The van der Waals surface area contributed by atoms with E-state index in [0.29, 0.717) is 19.3 Å². The molecule has 0 rings (SSSR count). The van der Waals surface area contributed by atoms with Crippen LogP contribution in [0.2, 0.25) is 0 Å². The van der Waals surface area contributed by atoms with E-state index in [1.807, 2.05) is 0 Å². The van der Waals surface area contributed by atoms with Gasteiger partial charge in [-0.3, -0.25) is 14.4 Å². The Morgan fingerprint density at radius 3 is 0.765 bits per heavy atom. The lowest BCUT2D eigenvalue weighted by atomic mass is 9.99. The maximum atomic E-state index is 12.9. The molecule has 0 spiro atoms. The molecule has 0 bridgehead atoms. The van der Waals surface area contributed by atoms with Crippen molar-refractivity contribution in [3.63, 3.8) is 0 Å². The van der Waals surface area contributed by atoms with Crippen LogP contribution in [0.5, 0.6) is 0 Å². The second kappa shape index (κ2) is 56.3. The molecular weight excluding hydrogens is 841 g/mol. The Balaban J connectivity index is 4.29. The zero-order valence-corrected chi connectivity index (χ0v) is 46.6. The van der Waals surface area contributed by atoms with Crippen molar-refractivity contribution in [2.75, 3.05) is 13.2 Å². The van der Waals surface area contributed by atoms with Gasteiger partial charge in [0.15, 0.2) is 6.10 Å². The summed E-state index contributed by atoms with van der Waals surface area (Å²) in [7, 11) is 0. The standard InChI is InChI=1S/C62H120O6/c1-5-8-10-12-14-16-18-20-22-23-25-31-35-39-43-47-51-55-62(65)68-59(56-66-60(63)53-49-45-41-37-33-29-24-21-19-17-15-13-11-9-6-2)57-67-61(64)54-50-46-42-38-34-30-27-26-28-32-36-40-44-48-52-58(4)7-3/h58-59H,5-57H2,1-4H3/t58?,59-/m1/s1. The molecule has 0 N–H and O–H groups in total. The van der Waals surface area contributed by atoms with Gasteiger partial charge in [0.25, 0.3) is 0 Å². The summed E-state index contributed by atoms with van der Waals surface area (Å²) in [5.74, 6) is 0.0662. The lowest BCUT2D eigenvalue weighted by molar-refractivity contribution is -0.167. The van der Waals surface area contributed by atoms with E-state index in [4.69, 9.17) is 14.2 Å². The second-order valence-corrected chi connectivity index (χ2v) is 21.6. The van der Waals surface area contributed by atoms with Crippen molar-refractivity contribution < 1.29 is 28.6 Å². The summed E-state index contributed by atoms with van der Waals surface area (Å²) in [5.41, 5.74) is 0. The molecule has 0 fully saturated rings. The first-order chi connectivity index (χ1) is 33.4. The van der Waals surface area contributed by atoms with E-state index >= 15 is 0 Å². The van der Waals surface area contributed by atoms with Gasteiger partial charge in [-0.05, 0) is 25.2 Å². The quantitative estimate of drug-likeness (QED) is 0.0343. The van der Waals surface area contributed by atoms with Gasteiger partial charge < -0.3 is 14.2 Å². The van der Waals surface area contributed by atoms with E-state index in [1.54, 1.807) is 0 Å². The monoisotopic (exact) mass is 961 g/mol. The van der Waals surface area contributed by atoms with Crippen molar-refractivity contribution in [1.82, 2.24) is 0 Å². The number of ether oxygens (including phenoxy) is 3. The lowest BCUT2D eigenvalue weighted by Gasteiger charge is -2.18. The highest BCUT2D eigenvalue weighted by molar-refractivity contribution is 5.71. The number of hydrogen-bond donors (Lipinski definition) is 0. The average Bonchev–Trinajstić information content (AvgIpc) is 3.34. The molecule has 404 valence electrons. The number of carbonyl (C=O) groups is 3. The van der Waals surface area contributed by atoms with Gasteiger partial charge in [0.2, 0.25) is 0 Å². The van der Waals surface area contributed by atoms with Crippen LogP contribution in [0.3, 0.4) is 0 Å². The molecular formula is C62H120O6. The second-order valence-electron chi connectivity index (χ2n) is 21.6. The third-order valence-corrected chi connectivity index (χ3v) is 14.7. The molecule has 6 heteroatoms. The van der Waals surface area contributed by atoms with Gasteiger partial charge >= 0.3 is 17.9 Å². The molecule has 2 atom stereocenters. The van der Waals surface area contributed by atoms with Gasteiger partial charge in [0.05, 0.1) is 0 Å². The summed E-state index contributed by atoms with van der Waals surface area (Å²) in [6.07, 6.45) is 62.3. The van der Waals surface area contributed by atoms with Crippen LogP contribution in [-0.4, -0.2) is 37.2 Å². The summed E-state index contributed by atoms with van der Waals surface area (Å²) in [6, 6.07) is 0. The van der Waals surface area contributed by atoms with Gasteiger partial charge in [-0.1, -0.05) is 317 Å². The highest BCUT2D eigenvalue weighted by atomic mass is 16.6. The molecule has 0 aliphatic carbocycles. The highest BCUT2D eigenvalue weighted by Crippen LogP contribution is 2.19. The molecule has 0 aliphatic heterocycles. The predicted molar refractivity (Wildman–Crippen MR) is 293 cm³/mol. The third kappa shape index (κ3) is 53.8. The number of rotatable bonds is 57. The van der Waals surface area contributed by atoms with Gasteiger partial charge in [-0.25, -0.2) is 0 Å². The Morgan fingerprint density at radius 2 is 0.515 bits per heavy atom. The largest absolute Gasteiger partial charge is 0.462 e. The van der Waals surface area contributed by atoms with E-state index in [-0.39, 0.29) is 31.1 Å². The lowest BCUT2D eigenvalue weighted by Crippen LogP contribution is -2.30. The number of carbonyl (C=O) groups excluding carboxylic acids is 3. The molecule has 0 radical (unpaired) electrons. The molecule has 0 saturated carbocycles. The molecule has 0 aromatic carbocycles. The fraction of sp³-hybridized carbons (Fsp3) is 0.952. The SMILES string of the molecule is CCCCCCCCCCCCCCCCCCCC(=O)O[C@H](COC(=O)CCCCCCCCCCCCCCCCC)COC(=O)CCCCCCCCCCCCCCCCC(C)CC. The minimum Gasteiger partial charge on any atom is -0.462 e. The van der Waals surface area contributed by atoms with Crippen LogP contribution in [-0.2, 0) is 28.6 Å². The van der Waals surface area contributed by atoms with E-state index < -0.39 is 6.10 Å². The van der Waals surface area contributed by atoms with Crippen molar-refractivity contribution in [2.45, 2.75) is 361 Å². The summed E-state index contributed by atoms with van der Waals surface area (Å²) in [4.78, 5) is 38.2. The number of unbranched alkanes of at least 4 members (excludes halogenated alkanes) is 43. The van der Waals surface area contributed by atoms with Crippen LogP contribution < -0.4 is 0 Å². The first-order valence-electron chi connectivity index (χ1n) is 30.9. The molecule has 0 aliphatic rings. The van der Waals surface area contributed by atoms with Gasteiger partial charge in [-0.15, -0.1) is 0 Å². The van der Waals surface area contributed by atoms with Crippen LogP contribution in [0.15, 0.2) is 0 Å². The van der Waals surface area contributed by atoms with E-state index in [1.165, 1.54) is 250 Å². The molecule has 0 amide bonds. The normalized spacial score (nSPS) is 12.4. The van der Waals surface area contributed by atoms with Crippen molar-refractivity contribution in [2.24, 2.45) is 5.92 Å². The first kappa shape index (κ1) is 66.4. The zero-order chi connectivity index (χ0) is 49.5. The Labute approximate surface area is 425 Å².